The van der Waals surface area contributed by atoms with E-state index in [-0.39, 0.29) is 41.4 Å². The molecular weight excluding hydrogens is 415 g/mol. The van der Waals surface area contributed by atoms with Crippen molar-refractivity contribution < 1.29 is 23.4 Å². The molecule has 0 spiro atoms. The molecule has 0 unspecified atom stereocenters. The third-order valence-corrected chi connectivity index (χ3v) is 4.87. The lowest BCUT2D eigenvalue weighted by molar-refractivity contribution is -0.120. The normalized spacial score (nSPS) is 18.9. The van der Waals surface area contributed by atoms with Gasteiger partial charge in [0.25, 0.3) is 0 Å². The van der Waals surface area contributed by atoms with Gasteiger partial charge >= 0.3 is 0 Å². The summed E-state index contributed by atoms with van der Waals surface area (Å²) in [5.41, 5.74) is 0.543. The first-order chi connectivity index (χ1) is 14.4. The number of pyridine rings is 1. The first kappa shape index (κ1) is 22.2. The molecule has 10 heteroatoms. The molecule has 1 aliphatic rings. The number of amides is 1. The molecule has 0 saturated heterocycles. The van der Waals surface area contributed by atoms with E-state index < -0.39 is 5.82 Å². The molecule has 0 radical (unpaired) electrons. The maximum Gasteiger partial charge on any atom is 0.240 e. The molecule has 1 aliphatic carbocycles. The van der Waals surface area contributed by atoms with Crippen LogP contribution in [0.15, 0.2) is 24.7 Å². The zero-order chi connectivity index (χ0) is 21.5. The average Bonchev–Trinajstić information content (AvgIpc) is 2.67. The predicted octanol–water partition coefficient (Wildman–Crippen LogP) is 2.94. The zero-order valence-corrected chi connectivity index (χ0v) is 17.6. The topological polar surface area (TPSA) is 95.5 Å². The SMILES string of the molecule is CC(=O)N[C@@H](C)CO[C@H]1C[C@H](COc2ncnc(OCc3ccc(F)cn3)c2Cl)C1. The highest BCUT2D eigenvalue weighted by atomic mass is 35.5. The molecule has 2 aromatic heterocycles. The van der Waals surface area contributed by atoms with Crippen LogP contribution >= 0.6 is 11.6 Å². The van der Waals surface area contributed by atoms with Gasteiger partial charge in [-0.05, 0) is 37.8 Å². The Hall–Kier alpha value is -2.52. The number of hydrogen-bond acceptors (Lipinski definition) is 7. The minimum absolute atomic E-state index is 0.0128. The number of hydrogen-bond donors (Lipinski definition) is 1. The fourth-order valence-electron chi connectivity index (χ4n) is 2.99. The summed E-state index contributed by atoms with van der Waals surface area (Å²) in [6.07, 6.45) is 4.33. The van der Waals surface area contributed by atoms with Gasteiger partial charge in [0.05, 0.1) is 31.2 Å². The van der Waals surface area contributed by atoms with Gasteiger partial charge in [-0.3, -0.25) is 9.78 Å². The minimum atomic E-state index is -0.416. The van der Waals surface area contributed by atoms with Crippen LogP contribution in [0.4, 0.5) is 4.39 Å². The van der Waals surface area contributed by atoms with Gasteiger partial charge in [-0.15, -0.1) is 0 Å². The second-order valence-electron chi connectivity index (χ2n) is 7.26. The van der Waals surface area contributed by atoms with Gasteiger partial charge in [0.1, 0.15) is 18.8 Å². The summed E-state index contributed by atoms with van der Waals surface area (Å²) in [7, 11) is 0. The van der Waals surface area contributed by atoms with E-state index in [4.69, 9.17) is 25.8 Å². The minimum Gasteiger partial charge on any atom is -0.476 e. The van der Waals surface area contributed by atoms with E-state index in [1.54, 1.807) is 0 Å². The third kappa shape index (κ3) is 6.50. The largest absolute Gasteiger partial charge is 0.476 e. The van der Waals surface area contributed by atoms with Gasteiger partial charge in [0.15, 0.2) is 5.02 Å². The summed E-state index contributed by atoms with van der Waals surface area (Å²) in [6.45, 7) is 4.43. The summed E-state index contributed by atoms with van der Waals surface area (Å²) in [6, 6.07) is 2.81. The van der Waals surface area contributed by atoms with E-state index in [0.717, 1.165) is 19.0 Å². The van der Waals surface area contributed by atoms with Crippen molar-refractivity contribution >= 4 is 17.5 Å². The highest BCUT2D eigenvalue weighted by Crippen LogP contribution is 2.34. The molecule has 0 aliphatic heterocycles. The van der Waals surface area contributed by atoms with E-state index in [9.17, 15) is 9.18 Å². The van der Waals surface area contributed by atoms with Crippen molar-refractivity contribution in [1.29, 1.82) is 0 Å². The van der Waals surface area contributed by atoms with Crippen LogP contribution < -0.4 is 14.8 Å². The van der Waals surface area contributed by atoms with Crippen LogP contribution in [0.2, 0.25) is 5.02 Å². The van der Waals surface area contributed by atoms with Crippen LogP contribution in [-0.4, -0.2) is 46.2 Å². The van der Waals surface area contributed by atoms with E-state index >= 15 is 0 Å². The molecule has 2 heterocycles. The number of nitrogens with zero attached hydrogens (tertiary/aromatic N) is 3. The van der Waals surface area contributed by atoms with Crippen molar-refractivity contribution in [2.75, 3.05) is 13.2 Å². The van der Waals surface area contributed by atoms with Crippen LogP contribution in [-0.2, 0) is 16.1 Å². The van der Waals surface area contributed by atoms with Gasteiger partial charge in [-0.2, -0.15) is 0 Å². The molecular formula is C20H24ClFN4O4. The molecule has 1 amide bonds. The molecule has 1 N–H and O–H groups in total. The maximum atomic E-state index is 12.9. The van der Waals surface area contributed by atoms with Crippen molar-refractivity contribution in [3.63, 3.8) is 0 Å². The van der Waals surface area contributed by atoms with Gasteiger partial charge in [-0.1, -0.05) is 11.6 Å². The van der Waals surface area contributed by atoms with Crippen LogP contribution in [0.5, 0.6) is 11.8 Å². The molecule has 0 aromatic carbocycles. The van der Waals surface area contributed by atoms with E-state index in [2.05, 4.69) is 20.3 Å². The first-order valence-electron chi connectivity index (χ1n) is 9.66. The van der Waals surface area contributed by atoms with Crippen molar-refractivity contribution in [2.45, 2.75) is 45.4 Å². The maximum absolute atomic E-state index is 12.9. The number of aromatic nitrogens is 3. The van der Waals surface area contributed by atoms with Crippen molar-refractivity contribution in [1.82, 2.24) is 20.3 Å². The summed E-state index contributed by atoms with van der Waals surface area (Å²) in [5.74, 6) is 0.280. The van der Waals surface area contributed by atoms with Gasteiger partial charge in [-0.25, -0.2) is 14.4 Å². The molecule has 1 atom stereocenters. The Morgan fingerprint density at radius 1 is 1.27 bits per heavy atom. The summed E-state index contributed by atoms with van der Waals surface area (Å²) in [4.78, 5) is 23.0. The molecule has 1 saturated carbocycles. The molecule has 0 bridgehead atoms. The van der Waals surface area contributed by atoms with Crippen LogP contribution in [0.25, 0.3) is 0 Å². The number of carbonyl (C=O) groups is 1. The first-order valence-corrected chi connectivity index (χ1v) is 10.0. The lowest BCUT2D eigenvalue weighted by Gasteiger charge is -2.35. The summed E-state index contributed by atoms with van der Waals surface area (Å²) in [5, 5.41) is 2.97. The second-order valence-corrected chi connectivity index (χ2v) is 7.64. The second kappa shape index (κ2) is 10.5. The van der Waals surface area contributed by atoms with Crippen molar-refractivity contribution in [2.24, 2.45) is 5.92 Å². The fraction of sp³-hybridized carbons (Fsp3) is 0.500. The highest BCUT2D eigenvalue weighted by molar-refractivity contribution is 6.33. The van der Waals surface area contributed by atoms with Gasteiger partial charge < -0.3 is 19.5 Å². The lowest BCUT2D eigenvalue weighted by Crippen LogP contribution is -2.40. The zero-order valence-electron chi connectivity index (χ0n) is 16.8. The Balaban J connectivity index is 1.40. The van der Waals surface area contributed by atoms with E-state index in [1.807, 2.05) is 6.92 Å². The third-order valence-electron chi connectivity index (χ3n) is 4.55. The van der Waals surface area contributed by atoms with Crippen LogP contribution in [0.1, 0.15) is 32.4 Å². The number of nitrogens with one attached hydrogen (secondary N) is 1. The van der Waals surface area contributed by atoms with E-state index in [1.165, 1.54) is 25.4 Å². The average molecular weight is 439 g/mol. The molecule has 1 fully saturated rings. The molecule has 3 rings (SSSR count). The number of ether oxygens (including phenoxy) is 3. The fourth-order valence-corrected chi connectivity index (χ4v) is 3.19. The van der Waals surface area contributed by atoms with Gasteiger partial charge in [0, 0.05) is 13.0 Å². The Kier molecular flexibility index (Phi) is 7.75. The Morgan fingerprint density at radius 2 is 2.00 bits per heavy atom. The predicted molar refractivity (Wildman–Crippen MR) is 107 cm³/mol. The quantitative estimate of drug-likeness (QED) is 0.609. The highest BCUT2D eigenvalue weighted by Gasteiger charge is 2.31. The molecule has 2 aromatic rings. The van der Waals surface area contributed by atoms with E-state index in [0.29, 0.717) is 24.8 Å². The Morgan fingerprint density at radius 3 is 2.67 bits per heavy atom. The van der Waals surface area contributed by atoms with Crippen molar-refractivity contribution in [3.05, 3.63) is 41.2 Å². The summed E-state index contributed by atoms with van der Waals surface area (Å²) >= 11 is 6.29. The van der Waals surface area contributed by atoms with Crippen LogP contribution in [0.3, 0.4) is 0 Å². The number of carbonyl (C=O) groups excluding carboxylic acids is 1. The monoisotopic (exact) mass is 438 g/mol. The Labute approximate surface area is 179 Å². The Bertz CT molecular complexity index is 849. The summed E-state index contributed by atoms with van der Waals surface area (Å²) < 4.78 is 30.0. The van der Waals surface area contributed by atoms with Crippen LogP contribution in [0, 0.1) is 11.7 Å². The lowest BCUT2D eigenvalue weighted by atomic mass is 9.83. The number of halogens is 2. The van der Waals surface area contributed by atoms with Gasteiger partial charge in [0.2, 0.25) is 17.7 Å². The molecule has 30 heavy (non-hydrogen) atoms. The number of rotatable bonds is 10. The smallest absolute Gasteiger partial charge is 0.240 e. The standard InChI is InChI=1S/C20H24ClFN4O4/c1-12(26-13(2)27)8-28-17-5-14(6-17)9-29-19-18(21)20(25-11-24-19)30-10-16-4-3-15(22)7-23-16/h3-4,7,11-12,14,17H,5-6,8-10H2,1-2H3,(H,26,27)/t12-,14-,17-/m0/s1. The van der Waals surface area contributed by atoms with Crippen molar-refractivity contribution in [3.8, 4) is 11.8 Å². The molecule has 162 valence electrons. The molecule has 8 nitrogen and oxygen atoms in total.